The fourth-order valence-electron chi connectivity index (χ4n) is 3.27. The predicted octanol–water partition coefficient (Wildman–Crippen LogP) is 2.98. The van der Waals surface area contributed by atoms with Crippen LogP contribution in [0.4, 0.5) is 0 Å². The van der Waals surface area contributed by atoms with Gasteiger partial charge in [-0.1, -0.05) is 29.3 Å². The fraction of sp³-hybridized carbons (Fsp3) is 0.556. The van der Waals surface area contributed by atoms with Crippen molar-refractivity contribution in [2.75, 3.05) is 13.1 Å². The minimum absolute atomic E-state index is 0.0698. The largest absolute Gasteiger partial charge is 0.480 e. The van der Waals surface area contributed by atoms with Gasteiger partial charge in [0, 0.05) is 28.7 Å². The molecule has 0 bridgehead atoms. The van der Waals surface area contributed by atoms with Gasteiger partial charge in [-0.2, -0.15) is 0 Å². The zero-order valence-electron chi connectivity index (χ0n) is 13.9. The monoisotopic (exact) mass is 384 g/mol. The summed E-state index contributed by atoms with van der Waals surface area (Å²) < 4.78 is 0. The van der Waals surface area contributed by atoms with E-state index in [-0.39, 0.29) is 31.0 Å². The average Bonchev–Trinajstić information content (AvgIpc) is 3.28. The molecule has 136 valence electrons. The molecule has 0 heterocycles. The summed E-state index contributed by atoms with van der Waals surface area (Å²) in [5.41, 5.74) is 0.751. The third-order valence-corrected chi connectivity index (χ3v) is 5.48. The molecule has 2 N–H and O–H groups in total. The molecule has 1 aromatic carbocycles. The van der Waals surface area contributed by atoms with Crippen molar-refractivity contribution >= 4 is 35.1 Å². The van der Waals surface area contributed by atoms with E-state index in [1.54, 1.807) is 18.2 Å². The van der Waals surface area contributed by atoms with Crippen LogP contribution in [-0.4, -0.2) is 47.1 Å². The molecule has 7 heteroatoms. The lowest BCUT2D eigenvalue weighted by atomic mass is 9.85. The first-order valence-electron chi connectivity index (χ1n) is 8.60. The van der Waals surface area contributed by atoms with E-state index >= 15 is 0 Å². The van der Waals surface area contributed by atoms with E-state index in [4.69, 9.17) is 28.3 Å². The zero-order valence-corrected chi connectivity index (χ0v) is 15.4. The van der Waals surface area contributed by atoms with Crippen molar-refractivity contribution in [3.05, 3.63) is 33.8 Å². The molecule has 0 atom stereocenters. The zero-order chi connectivity index (χ0) is 18.0. The second-order valence-corrected chi connectivity index (χ2v) is 7.91. The summed E-state index contributed by atoms with van der Waals surface area (Å²) in [6.45, 7) is 0.945. The molecule has 1 aromatic rings. The number of halogens is 2. The van der Waals surface area contributed by atoms with Crippen LogP contribution in [0, 0.1) is 5.92 Å². The van der Waals surface area contributed by atoms with Gasteiger partial charge in [0.2, 0.25) is 5.91 Å². The molecule has 0 spiro atoms. The maximum Gasteiger partial charge on any atom is 0.317 e. The number of carboxylic acid groups (broad SMARTS) is 1. The summed E-state index contributed by atoms with van der Waals surface area (Å²) in [5, 5.41) is 13.1. The number of benzene rings is 1. The number of amides is 1. The van der Waals surface area contributed by atoms with Crippen LogP contribution in [0.5, 0.6) is 0 Å². The summed E-state index contributed by atoms with van der Waals surface area (Å²) in [6, 6.07) is 5.47. The average molecular weight is 385 g/mol. The second-order valence-electron chi connectivity index (χ2n) is 7.07. The standard InChI is InChI=1S/C18H22Cl2N2O3/c19-13-4-3-12(16(20)6-13)5-17(23)21-14-7-15(8-14)22(10-18(24)25)9-11-1-2-11/h3-4,6,11,14-15H,1-2,5,7-10H2,(H,21,23)(H,24,25). The van der Waals surface area contributed by atoms with Gasteiger partial charge in [0.15, 0.2) is 0 Å². The number of aliphatic carboxylic acids is 1. The molecule has 3 rings (SSSR count). The Labute approximate surface area is 157 Å². The predicted molar refractivity (Wildman–Crippen MR) is 97.1 cm³/mol. The number of carbonyl (C=O) groups excluding carboxylic acids is 1. The molecule has 0 aromatic heterocycles. The highest BCUT2D eigenvalue weighted by Crippen LogP contribution is 2.33. The molecule has 0 radical (unpaired) electrons. The molecule has 2 fully saturated rings. The molecule has 0 saturated heterocycles. The minimum atomic E-state index is -0.787. The normalized spacial score (nSPS) is 22.5. The van der Waals surface area contributed by atoms with Crippen LogP contribution in [0.25, 0.3) is 0 Å². The van der Waals surface area contributed by atoms with Crippen LogP contribution in [0.3, 0.4) is 0 Å². The van der Waals surface area contributed by atoms with Gasteiger partial charge in [0.1, 0.15) is 0 Å². The number of nitrogens with zero attached hydrogens (tertiary/aromatic N) is 1. The number of carboxylic acids is 1. The van der Waals surface area contributed by atoms with Crippen molar-refractivity contribution in [1.82, 2.24) is 10.2 Å². The van der Waals surface area contributed by atoms with Gasteiger partial charge in [0.05, 0.1) is 13.0 Å². The van der Waals surface area contributed by atoms with Crippen molar-refractivity contribution in [2.45, 2.75) is 44.2 Å². The van der Waals surface area contributed by atoms with Crippen LogP contribution >= 0.6 is 23.2 Å². The molecular weight excluding hydrogens is 363 g/mol. The summed E-state index contributed by atoms with van der Waals surface area (Å²) >= 11 is 12.0. The molecule has 0 aliphatic heterocycles. The van der Waals surface area contributed by atoms with E-state index in [0.29, 0.717) is 16.0 Å². The molecule has 25 heavy (non-hydrogen) atoms. The highest BCUT2D eigenvalue weighted by atomic mass is 35.5. The Morgan fingerprint density at radius 3 is 2.56 bits per heavy atom. The van der Waals surface area contributed by atoms with Crippen LogP contribution in [0.2, 0.25) is 10.0 Å². The van der Waals surface area contributed by atoms with E-state index in [1.807, 2.05) is 0 Å². The van der Waals surface area contributed by atoms with Crippen molar-refractivity contribution in [3.8, 4) is 0 Å². The van der Waals surface area contributed by atoms with Crippen molar-refractivity contribution < 1.29 is 14.7 Å². The lowest BCUT2D eigenvalue weighted by Gasteiger charge is -2.42. The van der Waals surface area contributed by atoms with Gasteiger partial charge in [-0.25, -0.2) is 0 Å². The quantitative estimate of drug-likeness (QED) is 0.722. The summed E-state index contributed by atoms with van der Waals surface area (Å²) in [5.74, 6) is -0.204. The fourth-order valence-corrected chi connectivity index (χ4v) is 3.74. The number of hydrogen-bond acceptors (Lipinski definition) is 3. The summed E-state index contributed by atoms with van der Waals surface area (Å²) in [4.78, 5) is 25.3. The smallest absolute Gasteiger partial charge is 0.317 e. The van der Waals surface area contributed by atoms with Crippen LogP contribution in [0.1, 0.15) is 31.2 Å². The van der Waals surface area contributed by atoms with Crippen molar-refractivity contribution in [3.63, 3.8) is 0 Å². The third-order valence-electron chi connectivity index (χ3n) is 4.89. The number of carbonyl (C=O) groups is 2. The lowest BCUT2D eigenvalue weighted by molar-refractivity contribution is -0.140. The first kappa shape index (κ1) is 18.5. The molecule has 2 aliphatic carbocycles. The van der Waals surface area contributed by atoms with Crippen LogP contribution in [0.15, 0.2) is 18.2 Å². The maximum absolute atomic E-state index is 12.2. The van der Waals surface area contributed by atoms with E-state index < -0.39 is 5.97 Å². The molecule has 0 unspecified atom stereocenters. The van der Waals surface area contributed by atoms with Crippen LogP contribution in [-0.2, 0) is 16.0 Å². The summed E-state index contributed by atoms with van der Waals surface area (Å²) in [7, 11) is 0. The number of nitrogens with one attached hydrogen (secondary N) is 1. The number of rotatable bonds is 8. The third kappa shape index (κ3) is 5.33. The summed E-state index contributed by atoms with van der Waals surface area (Å²) in [6.07, 6.45) is 4.23. The molecule has 2 saturated carbocycles. The molecule has 1 amide bonds. The van der Waals surface area contributed by atoms with Crippen molar-refractivity contribution in [2.24, 2.45) is 5.92 Å². The Bertz CT molecular complexity index is 658. The SMILES string of the molecule is O=C(O)CN(CC1CC1)C1CC(NC(=O)Cc2ccc(Cl)cc2Cl)C1. The van der Waals surface area contributed by atoms with Gasteiger partial charge in [-0.15, -0.1) is 0 Å². The van der Waals surface area contributed by atoms with Crippen molar-refractivity contribution in [1.29, 1.82) is 0 Å². The van der Waals surface area contributed by atoms with Crippen LogP contribution < -0.4 is 5.32 Å². The van der Waals surface area contributed by atoms with E-state index in [1.165, 1.54) is 12.8 Å². The van der Waals surface area contributed by atoms with E-state index in [9.17, 15) is 9.59 Å². The topological polar surface area (TPSA) is 69.6 Å². The Morgan fingerprint density at radius 1 is 1.24 bits per heavy atom. The minimum Gasteiger partial charge on any atom is -0.480 e. The molecule has 2 aliphatic rings. The number of hydrogen-bond donors (Lipinski definition) is 2. The van der Waals surface area contributed by atoms with Gasteiger partial charge in [-0.3, -0.25) is 14.5 Å². The Morgan fingerprint density at radius 2 is 1.96 bits per heavy atom. The van der Waals surface area contributed by atoms with E-state index in [2.05, 4.69) is 10.2 Å². The Balaban J connectivity index is 1.45. The first-order chi connectivity index (χ1) is 11.9. The van der Waals surface area contributed by atoms with E-state index in [0.717, 1.165) is 24.9 Å². The van der Waals surface area contributed by atoms with Gasteiger partial charge < -0.3 is 10.4 Å². The van der Waals surface area contributed by atoms with Gasteiger partial charge in [-0.05, 0) is 49.3 Å². The van der Waals surface area contributed by atoms with Gasteiger partial charge in [0.25, 0.3) is 0 Å². The highest BCUT2D eigenvalue weighted by molar-refractivity contribution is 6.35. The highest BCUT2D eigenvalue weighted by Gasteiger charge is 2.37. The molecule has 5 nitrogen and oxygen atoms in total. The maximum atomic E-state index is 12.2. The second kappa shape index (κ2) is 7.94. The van der Waals surface area contributed by atoms with Gasteiger partial charge >= 0.3 is 5.97 Å². The lowest BCUT2D eigenvalue weighted by Crippen LogP contribution is -2.55. The Kier molecular flexibility index (Phi) is 5.87. The Hall–Kier alpha value is -1.30. The first-order valence-corrected chi connectivity index (χ1v) is 9.35. The molecular formula is C18H22Cl2N2O3.